The number of nitrogens with two attached hydrogens (primary N) is 1. The monoisotopic (exact) mass is 263 g/mol. The Hall–Kier alpha value is -1.54. The quantitative estimate of drug-likeness (QED) is 0.801. The average Bonchev–Trinajstić information content (AvgIpc) is 3.11. The Labute approximate surface area is 111 Å². The molecule has 0 amide bonds. The Balaban J connectivity index is 2.27. The highest BCUT2D eigenvalue weighted by atomic mass is 32.1. The van der Waals surface area contributed by atoms with Crippen LogP contribution in [0.15, 0.2) is 0 Å². The van der Waals surface area contributed by atoms with Crippen LogP contribution < -0.4 is 11.1 Å². The van der Waals surface area contributed by atoms with E-state index in [9.17, 15) is 4.79 Å². The van der Waals surface area contributed by atoms with Crippen molar-refractivity contribution in [2.75, 3.05) is 17.6 Å². The van der Waals surface area contributed by atoms with Crippen molar-refractivity contribution in [1.82, 2.24) is 0 Å². The molecule has 0 unspecified atom stereocenters. The van der Waals surface area contributed by atoms with E-state index in [0.29, 0.717) is 22.0 Å². The summed E-state index contributed by atoms with van der Waals surface area (Å²) in [6.45, 7) is 4.95. The van der Waals surface area contributed by atoms with Gasteiger partial charge in [-0.1, -0.05) is 13.8 Å². The fourth-order valence-electron chi connectivity index (χ4n) is 1.69. The molecule has 0 aromatic carbocycles. The minimum absolute atomic E-state index is 0.103. The second kappa shape index (κ2) is 4.99. The van der Waals surface area contributed by atoms with E-state index in [2.05, 4.69) is 25.2 Å². The number of rotatable bonds is 5. The Bertz CT molecular complexity index is 509. The summed E-state index contributed by atoms with van der Waals surface area (Å²) in [7, 11) is 0. The van der Waals surface area contributed by atoms with Crippen LogP contribution in [0.4, 0.5) is 10.7 Å². The number of nitrogens with zero attached hydrogens (tertiary/aromatic N) is 1. The number of Topliss-reactive ketones (excluding diaryl/α,β-unsaturated/α-hetero) is 1. The number of thiophene rings is 1. The Morgan fingerprint density at radius 1 is 1.61 bits per heavy atom. The molecule has 0 saturated heterocycles. The lowest BCUT2D eigenvalue weighted by molar-refractivity contribution is 0.0972. The molecule has 3 N–H and O–H groups in total. The van der Waals surface area contributed by atoms with Gasteiger partial charge in [0.05, 0.1) is 10.6 Å². The molecule has 4 nitrogen and oxygen atoms in total. The maximum atomic E-state index is 12.0. The largest absolute Gasteiger partial charge is 0.396 e. The van der Waals surface area contributed by atoms with Crippen molar-refractivity contribution in [3.63, 3.8) is 0 Å². The number of carbonyl (C=O) groups excluding carboxylic acids is 1. The summed E-state index contributed by atoms with van der Waals surface area (Å²) in [5.74, 6) is 0.712. The molecule has 0 spiro atoms. The standard InChI is InChI=1S/C13H17N3OS/c1-7(2)6-16-13-9(5-14)10(15)12(18-13)11(17)8-3-4-8/h7-8,16H,3-4,6,15H2,1-2H3. The molecule has 0 atom stereocenters. The Morgan fingerprint density at radius 3 is 2.78 bits per heavy atom. The zero-order chi connectivity index (χ0) is 13.3. The van der Waals surface area contributed by atoms with Crippen molar-refractivity contribution in [2.45, 2.75) is 26.7 Å². The first-order valence-corrected chi connectivity index (χ1v) is 6.96. The van der Waals surface area contributed by atoms with Crippen LogP contribution in [0.5, 0.6) is 0 Å². The van der Waals surface area contributed by atoms with Gasteiger partial charge in [0.1, 0.15) is 16.6 Å². The van der Waals surface area contributed by atoms with E-state index in [1.807, 2.05) is 0 Å². The van der Waals surface area contributed by atoms with Gasteiger partial charge in [-0.25, -0.2) is 0 Å². The lowest BCUT2D eigenvalue weighted by Gasteiger charge is -2.06. The van der Waals surface area contributed by atoms with Crippen LogP contribution in [0.25, 0.3) is 0 Å². The van der Waals surface area contributed by atoms with Gasteiger partial charge in [-0.3, -0.25) is 4.79 Å². The molecule has 18 heavy (non-hydrogen) atoms. The zero-order valence-corrected chi connectivity index (χ0v) is 11.4. The second-order valence-electron chi connectivity index (χ2n) is 5.07. The predicted octanol–water partition coefficient (Wildman–Crippen LogP) is 2.86. The van der Waals surface area contributed by atoms with E-state index in [4.69, 9.17) is 11.0 Å². The van der Waals surface area contributed by atoms with E-state index in [0.717, 1.165) is 24.4 Å². The average molecular weight is 263 g/mol. The van der Waals surface area contributed by atoms with E-state index >= 15 is 0 Å². The SMILES string of the molecule is CC(C)CNc1sc(C(=O)C2CC2)c(N)c1C#N. The highest BCUT2D eigenvalue weighted by Gasteiger charge is 2.34. The lowest BCUT2D eigenvalue weighted by atomic mass is 10.1. The summed E-state index contributed by atoms with van der Waals surface area (Å²) < 4.78 is 0. The third kappa shape index (κ3) is 2.49. The van der Waals surface area contributed by atoms with Crippen LogP contribution in [-0.2, 0) is 0 Å². The summed E-state index contributed by atoms with van der Waals surface area (Å²) in [6, 6.07) is 2.09. The van der Waals surface area contributed by atoms with Crippen LogP contribution in [0.2, 0.25) is 0 Å². The molecule has 1 aromatic rings. The van der Waals surface area contributed by atoms with Crippen LogP contribution in [0.1, 0.15) is 41.9 Å². The van der Waals surface area contributed by atoms with Gasteiger partial charge >= 0.3 is 0 Å². The first-order chi connectivity index (χ1) is 8.54. The number of hydrogen-bond acceptors (Lipinski definition) is 5. The molecule has 5 heteroatoms. The molecule has 2 rings (SSSR count). The molecular weight excluding hydrogens is 246 g/mol. The number of nitrogens with one attached hydrogen (secondary N) is 1. The minimum atomic E-state index is 0.103. The zero-order valence-electron chi connectivity index (χ0n) is 10.6. The molecule has 1 aliphatic carbocycles. The smallest absolute Gasteiger partial charge is 0.178 e. The van der Waals surface area contributed by atoms with E-state index in [1.54, 1.807) is 0 Å². The summed E-state index contributed by atoms with van der Waals surface area (Å²) in [5.41, 5.74) is 6.69. The van der Waals surface area contributed by atoms with E-state index in [-0.39, 0.29) is 11.7 Å². The van der Waals surface area contributed by atoms with E-state index < -0.39 is 0 Å². The van der Waals surface area contributed by atoms with Gasteiger partial charge in [0.15, 0.2) is 5.78 Å². The number of nitrogen functional groups attached to an aromatic ring is 1. The van der Waals surface area contributed by atoms with Crippen molar-refractivity contribution >= 4 is 27.8 Å². The number of anilines is 2. The number of carbonyl (C=O) groups is 1. The molecule has 0 bridgehead atoms. The van der Waals surface area contributed by atoms with Crippen molar-refractivity contribution < 1.29 is 4.79 Å². The van der Waals surface area contributed by atoms with E-state index in [1.165, 1.54) is 11.3 Å². The molecular formula is C13H17N3OS. The Kier molecular flexibility index (Phi) is 3.58. The minimum Gasteiger partial charge on any atom is -0.396 e. The molecule has 1 saturated carbocycles. The highest BCUT2D eigenvalue weighted by molar-refractivity contribution is 7.19. The molecule has 1 aliphatic rings. The van der Waals surface area contributed by atoms with Crippen LogP contribution in [0.3, 0.4) is 0 Å². The summed E-state index contributed by atoms with van der Waals surface area (Å²) in [5, 5.41) is 13.1. The van der Waals surface area contributed by atoms with Gasteiger partial charge in [-0.05, 0) is 18.8 Å². The topological polar surface area (TPSA) is 78.9 Å². The fraction of sp³-hybridized carbons (Fsp3) is 0.538. The number of hydrogen-bond donors (Lipinski definition) is 2. The summed E-state index contributed by atoms with van der Waals surface area (Å²) in [4.78, 5) is 12.6. The molecule has 0 radical (unpaired) electrons. The van der Waals surface area contributed by atoms with Crippen molar-refractivity contribution in [3.05, 3.63) is 10.4 Å². The molecule has 0 aliphatic heterocycles. The lowest BCUT2D eigenvalue weighted by Crippen LogP contribution is -2.07. The third-order valence-corrected chi connectivity index (χ3v) is 4.08. The van der Waals surface area contributed by atoms with Crippen molar-refractivity contribution in [2.24, 2.45) is 11.8 Å². The van der Waals surface area contributed by atoms with Gasteiger partial charge in [-0.15, -0.1) is 11.3 Å². The van der Waals surface area contributed by atoms with Gasteiger partial charge in [0.25, 0.3) is 0 Å². The maximum absolute atomic E-state index is 12.0. The molecule has 96 valence electrons. The van der Waals surface area contributed by atoms with Gasteiger partial charge in [0, 0.05) is 12.5 Å². The third-order valence-electron chi connectivity index (χ3n) is 2.90. The Morgan fingerprint density at radius 2 is 2.28 bits per heavy atom. The molecule has 1 fully saturated rings. The second-order valence-corrected chi connectivity index (χ2v) is 6.09. The number of nitriles is 1. The first kappa shape index (κ1) is 12.9. The van der Waals surface area contributed by atoms with Gasteiger partial charge in [0.2, 0.25) is 0 Å². The fourth-order valence-corrected chi connectivity index (χ4v) is 2.79. The molecule has 1 aromatic heterocycles. The van der Waals surface area contributed by atoms with Gasteiger partial charge in [-0.2, -0.15) is 5.26 Å². The normalized spacial score (nSPS) is 14.6. The summed E-state index contributed by atoms with van der Waals surface area (Å²) in [6.07, 6.45) is 1.90. The summed E-state index contributed by atoms with van der Waals surface area (Å²) >= 11 is 1.32. The van der Waals surface area contributed by atoms with Crippen LogP contribution in [-0.4, -0.2) is 12.3 Å². The molecule has 1 heterocycles. The van der Waals surface area contributed by atoms with Crippen molar-refractivity contribution in [1.29, 1.82) is 5.26 Å². The van der Waals surface area contributed by atoms with Crippen LogP contribution >= 0.6 is 11.3 Å². The predicted molar refractivity (Wildman–Crippen MR) is 73.8 cm³/mol. The van der Waals surface area contributed by atoms with Crippen LogP contribution in [0, 0.1) is 23.2 Å². The highest BCUT2D eigenvalue weighted by Crippen LogP contribution is 2.41. The van der Waals surface area contributed by atoms with Gasteiger partial charge < -0.3 is 11.1 Å². The first-order valence-electron chi connectivity index (χ1n) is 6.15. The number of ketones is 1. The maximum Gasteiger partial charge on any atom is 0.178 e. The van der Waals surface area contributed by atoms with Crippen molar-refractivity contribution in [3.8, 4) is 6.07 Å².